The molecule has 0 bridgehead atoms. The summed E-state index contributed by atoms with van der Waals surface area (Å²) in [5.74, 6) is 0. The SMILES string of the molecule is Cc1nn(-c2ccnc3c(N)cccc23)c(C)c1Cl. The summed E-state index contributed by atoms with van der Waals surface area (Å²) in [6, 6.07) is 7.65. The number of benzene rings is 1. The standard InChI is InChI=1S/C14H13ClN4/c1-8-13(15)9(2)19(18-8)12-6-7-17-14-10(12)4-3-5-11(14)16/h3-7H,16H2,1-2H3. The summed E-state index contributed by atoms with van der Waals surface area (Å²) >= 11 is 6.21. The average Bonchev–Trinajstić information content (AvgIpc) is 2.66. The first-order chi connectivity index (χ1) is 9.09. The number of aromatic nitrogens is 3. The maximum absolute atomic E-state index is 6.21. The van der Waals surface area contributed by atoms with Gasteiger partial charge in [0.25, 0.3) is 0 Å². The summed E-state index contributed by atoms with van der Waals surface area (Å²) in [7, 11) is 0. The van der Waals surface area contributed by atoms with Gasteiger partial charge < -0.3 is 5.73 Å². The highest BCUT2D eigenvalue weighted by Gasteiger charge is 2.13. The van der Waals surface area contributed by atoms with Crippen LogP contribution >= 0.6 is 11.6 Å². The Kier molecular flexibility index (Phi) is 2.68. The number of hydrogen-bond acceptors (Lipinski definition) is 3. The van der Waals surface area contributed by atoms with Gasteiger partial charge in [-0.3, -0.25) is 4.98 Å². The van der Waals surface area contributed by atoms with Gasteiger partial charge in [-0.1, -0.05) is 23.7 Å². The van der Waals surface area contributed by atoms with Crippen LogP contribution in [-0.4, -0.2) is 14.8 Å². The van der Waals surface area contributed by atoms with Gasteiger partial charge in [0.1, 0.15) is 0 Å². The molecule has 2 N–H and O–H groups in total. The van der Waals surface area contributed by atoms with Gasteiger partial charge in [-0.05, 0) is 26.0 Å². The molecule has 3 aromatic rings. The van der Waals surface area contributed by atoms with Crippen LogP contribution in [0.1, 0.15) is 11.4 Å². The third-order valence-corrected chi connectivity index (χ3v) is 3.76. The first-order valence-corrected chi connectivity index (χ1v) is 6.32. The Balaban J connectivity index is 2.37. The fourth-order valence-electron chi connectivity index (χ4n) is 2.23. The quantitative estimate of drug-likeness (QED) is 0.692. The monoisotopic (exact) mass is 272 g/mol. The Labute approximate surface area is 115 Å². The number of hydrogen-bond donors (Lipinski definition) is 1. The third kappa shape index (κ3) is 1.76. The van der Waals surface area contributed by atoms with E-state index in [1.165, 1.54) is 0 Å². The van der Waals surface area contributed by atoms with Crippen molar-refractivity contribution in [2.24, 2.45) is 0 Å². The van der Waals surface area contributed by atoms with E-state index in [9.17, 15) is 0 Å². The number of rotatable bonds is 1. The van der Waals surface area contributed by atoms with Gasteiger partial charge >= 0.3 is 0 Å². The van der Waals surface area contributed by atoms with Gasteiger partial charge in [0.2, 0.25) is 0 Å². The lowest BCUT2D eigenvalue weighted by atomic mass is 10.1. The van der Waals surface area contributed by atoms with E-state index in [4.69, 9.17) is 17.3 Å². The van der Waals surface area contributed by atoms with Gasteiger partial charge in [0.05, 0.1) is 33.3 Å². The second-order valence-corrected chi connectivity index (χ2v) is 4.85. The van der Waals surface area contributed by atoms with Gasteiger partial charge in [-0.2, -0.15) is 5.10 Å². The van der Waals surface area contributed by atoms with Crippen molar-refractivity contribution in [2.75, 3.05) is 5.73 Å². The van der Waals surface area contributed by atoms with Crippen LogP contribution in [0.15, 0.2) is 30.5 Å². The molecule has 0 aliphatic heterocycles. The molecule has 5 heteroatoms. The molecular formula is C14H13ClN4. The van der Waals surface area contributed by atoms with Crippen molar-refractivity contribution >= 4 is 28.2 Å². The molecule has 2 heterocycles. The van der Waals surface area contributed by atoms with Gasteiger partial charge in [-0.25, -0.2) is 4.68 Å². The van der Waals surface area contributed by atoms with Crippen molar-refractivity contribution in [1.82, 2.24) is 14.8 Å². The Hall–Kier alpha value is -2.07. The van der Waals surface area contributed by atoms with E-state index in [0.717, 1.165) is 28.0 Å². The number of para-hydroxylation sites is 1. The number of fused-ring (bicyclic) bond motifs is 1. The smallest absolute Gasteiger partial charge is 0.0952 e. The van der Waals surface area contributed by atoms with Crippen LogP contribution < -0.4 is 5.73 Å². The normalized spacial score (nSPS) is 11.1. The van der Waals surface area contributed by atoms with Gasteiger partial charge in [-0.15, -0.1) is 0 Å². The lowest BCUT2D eigenvalue weighted by Gasteiger charge is -2.09. The molecule has 0 spiro atoms. The van der Waals surface area contributed by atoms with Crippen molar-refractivity contribution in [3.63, 3.8) is 0 Å². The molecule has 96 valence electrons. The Morgan fingerprint density at radius 3 is 2.68 bits per heavy atom. The number of nitrogen functional groups attached to an aromatic ring is 1. The fourth-order valence-corrected chi connectivity index (χ4v) is 2.35. The van der Waals surface area contributed by atoms with Crippen LogP contribution in [-0.2, 0) is 0 Å². The Morgan fingerprint density at radius 2 is 2.00 bits per heavy atom. The summed E-state index contributed by atoms with van der Waals surface area (Å²) in [5, 5.41) is 6.13. The fraction of sp³-hybridized carbons (Fsp3) is 0.143. The molecule has 0 amide bonds. The van der Waals surface area contributed by atoms with Crippen molar-refractivity contribution < 1.29 is 0 Å². The van der Waals surface area contributed by atoms with Crippen molar-refractivity contribution in [3.05, 3.63) is 46.9 Å². The van der Waals surface area contributed by atoms with Crippen LogP contribution in [0, 0.1) is 13.8 Å². The molecule has 19 heavy (non-hydrogen) atoms. The molecule has 0 fully saturated rings. The van der Waals surface area contributed by atoms with Crippen LogP contribution in [0.4, 0.5) is 5.69 Å². The first-order valence-electron chi connectivity index (χ1n) is 5.95. The first kappa shape index (κ1) is 12.0. The summed E-state index contributed by atoms with van der Waals surface area (Å²) in [6.45, 7) is 3.84. The Morgan fingerprint density at radius 1 is 1.21 bits per heavy atom. The maximum atomic E-state index is 6.21. The van der Waals surface area contributed by atoms with E-state index in [0.29, 0.717) is 10.7 Å². The van der Waals surface area contributed by atoms with Gasteiger partial charge in [0, 0.05) is 11.6 Å². The summed E-state index contributed by atoms with van der Waals surface area (Å²) in [4.78, 5) is 4.33. The van der Waals surface area contributed by atoms with Crippen LogP contribution in [0.3, 0.4) is 0 Å². The minimum Gasteiger partial charge on any atom is -0.397 e. The number of anilines is 1. The molecule has 4 nitrogen and oxygen atoms in total. The second kappa shape index (κ2) is 4.24. The van der Waals surface area contributed by atoms with Crippen molar-refractivity contribution in [2.45, 2.75) is 13.8 Å². The predicted octanol–water partition coefficient (Wildman–Crippen LogP) is 3.27. The molecule has 0 radical (unpaired) electrons. The molecule has 0 aliphatic carbocycles. The zero-order valence-electron chi connectivity index (χ0n) is 10.7. The molecule has 0 saturated heterocycles. The van der Waals surface area contributed by atoms with E-state index in [1.54, 1.807) is 6.20 Å². The lowest BCUT2D eigenvalue weighted by molar-refractivity contribution is 0.838. The summed E-state index contributed by atoms with van der Waals surface area (Å²) < 4.78 is 1.83. The summed E-state index contributed by atoms with van der Waals surface area (Å²) in [6.07, 6.45) is 1.73. The summed E-state index contributed by atoms with van der Waals surface area (Å²) in [5.41, 5.74) is 10.1. The maximum Gasteiger partial charge on any atom is 0.0952 e. The van der Waals surface area contributed by atoms with Crippen molar-refractivity contribution in [3.8, 4) is 5.69 Å². The topological polar surface area (TPSA) is 56.7 Å². The molecule has 1 aromatic carbocycles. The van der Waals surface area contributed by atoms with Crippen molar-refractivity contribution in [1.29, 1.82) is 0 Å². The third-order valence-electron chi connectivity index (χ3n) is 3.21. The Bertz CT molecular complexity index is 776. The van der Waals surface area contributed by atoms with E-state index < -0.39 is 0 Å². The minimum atomic E-state index is 0.659. The average molecular weight is 273 g/mol. The van der Waals surface area contributed by atoms with Crippen LogP contribution in [0.25, 0.3) is 16.6 Å². The minimum absolute atomic E-state index is 0.659. The highest BCUT2D eigenvalue weighted by atomic mass is 35.5. The molecular weight excluding hydrogens is 260 g/mol. The molecule has 0 aliphatic rings. The lowest BCUT2D eigenvalue weighted by Crippen LogP contribution is -2.01. The number of aryl methyl sites for hydroxylation is 1. The highest BCUT2D eigenvalue weighted by molar-refractivity contribution is 6.31. The van der Waals surface area contributed by atoms with Crippen LogP contribution in [0.5, 0.6) is 0 Å². The zero-order valence-corrected chi connectivity index (χ0v) is 11.4. The van der Waals surface area contributed by atoms with E-state index in [-0.39, 0.29) is 0 Å². The number of pyridine rings is 1. The molecule has 3 rings (SSSR count). The number of nitrogens with zero attached hydrogens (tertiary/aromatic N) is 3. The van der Waals surface area contributed by atoms with E-state index >= 15 is 0 Å². The molecule has 0 unspecified atom stereocenters. The molecule has 0 atom stereocenters. The predicted molar refractivity (Wildman–Crippen MR) is 77.8 cm³/mol. The zero-order chi connectivity index (χ0) is 13.6. The highest BCUT2D eigenvalue weighted by Crippen LogP contribution is 2.28. The van der Waals surface area contributed by atoms with Gasteiger partial charge in [0.15, 0.2) is 0 Å². The largest absolute Gasteiger partial charge is 0.397 e. The van der Waals surface area contributed by atoms with E-state index in [1.807, 2.05) is 42.8 Å². The number of halogens is 1. The molecule has 2 aromatic heterocycles. The van der Waals surface area contributed by atoms with E-state index in [2.05, 4.69) is 10.1 Å². The number of nitrogens with two attached hydrogens (primary N) is 1. The van der Waals surface area contributed by atoms with Crippen LogP contribution in [0.2, 0.25) is 5.02 Å². The second-order valence-electron chi connectivity index (χ2n) is 4.47. The molecule has 0 saturated carbocycles.